The third kappa shape index (κ3) is 1.27. The molecule has 0 radical (unpaired) electrons. The Balaban J connectivity index is 2.86. The molecule has 1 aromatic heterocycles. The first kappa shape index (κ1) is 8.45. The van der Waals surface area contributed by atoms with Gasteiger partial charge in [-0.25, -0.2) is 0 Å². The Labute approximate surface area is 81.0 Å². The first-order valence-electron chi connectivity index (χ1n) is 4.18. The summed E-state index contributed by atoms with van der Waals surface area (Å²) in [4.78, 5) is 11.3. The standard InChI is InChI=1S/C11H10OS/c1-7-4-3-5-10-11(7)9(6-13-10)8(2)12/h3-6H,1-2H3. The minimum absolute atomic E-state index is 0.153. The normalized spacial score (nSPS) is 10.6. The number of hydrogen-bond acceptors (Lipinski definition) is 2. The molecule has 0 atom stereocenters. The van der Waals surface area contributed by atoms with E-state index in [0.717, 1.165) is 10.9 Å². The van der Waals surface area contributed by atoms with E-state index in [1.54, 1.807) is 18.3 Å². The number of carbonyl (C=O) groups is 1. The third-order valence-electron chi connectivity index (χ3n) is 2.19. The molecule has 2 heteroatoms. The molecule has 0 aliphatic rings. The summed E-state index contributed by atoms with van der Waals surface area (Å²) in [6.07, 6.45) is 0. The Morgan fingerprint density at radius 3 is 2.85 bits per heavy atom. The average molecular weight is 190 g/mol. The van der Waals surface area contributed by atoms with Gasteiger partial charge >= 0.3 is 0 Å². The van der Waals surface area contributed by atoms with E-state index in [9.17, 15) is 4.79 Å². The second-order valence-electron chi connectivity index (χ2n) is 3.15. The van der Waals surface area contributed by atoms with Gasteiger partial charge < -0.3 is 0 Å². The summed E-state index contributed by atoms with van der Waals surface area (Å²) in [5.74, 6) is 0.153. The molecule has 2 rings (SSSR count). The van der Waals surface area contributed by atoms with Crippen LogP contribution < -0.4 is 0 Å². The zero-order valence-electron chi connectivity index (χ0n) is 7.63. The fourth-order valence-electron chi connectivity index (χ4n) is 1.52. The highest BCUT2D eigenvalue weighted by Gasteiger charge is 2.09. The van der Waals surface area contributed by atoms with Crippen molar-refractivity contribution in [3.63, 3.8) is 0 Å². The highest BCUT2D eigenvalue weighted by Crippen LogP contribution is 2.28. The zero-order valence-corrected chi connectivity index (χ0v) is 8.44. The van der Waals surface area contributed by atoms with Crippen LogP contribution in [0.5, 0.6) is 0 Å². The molecule has 0 N–H and O–H groups in total. The van der Waals surface area contributed by atoms with Crippen molar-refractivity contribution in [3.8, 4) is 0 Å². The zero-order chi connectivity index (χ0) is 9.42. The summed E-state index contributed by atoms with van der Waals surface area (Å²) in [6, 6.07) is 6.12. The Hall–Kier alpha value is -1.15. The highest BCUT2D eigenvalue weighted by molar-refractivity contribution is 7.17. The minimum Gasteiger partial charge on any atom is -0.294 e. The number of thiophene rings is 1. The van der Waals surface area contributed by atoms with Crippen molar-refractivity contribution in [1.29, 1.82) is 0 Å². The van der Waals surface area contributed by atoms with Gasteiger partial charge in [-0.2, -0.15) is 0 Å². The van der Waals surface area contributed by atoms with Crippen molar-refractivity contribution in [1.82, 2.24) is 0 Å². The van der Waals surface area contributed by atoms with E-state index >= 15 is 0 Å². The maximum Gasteiger partial charge on any atom is 0.161 e. The number of hydrogen-bond donors (Lipinski definition) is 0. The van der Waals surface area contributed by atoms with Crippen molar-refractivity contribution in [2.75, 3.05) is 0 Å². The van der Waals surface area contributed by atoms with Crippen LogP contribution in [0.15, 0.2) is 23.6 Å². The lowest BCUT2D eigenvalue weighted by Gasteiger charge is -1.97. The molecule has 0 amide bonds. The molecule has 0 spiro atoms. The predicted octanol–water partition coefficient (Wildman–Crippen LogP) is 3.41. The predicted molar refractivity (Wildman–Crippen MR) is 56.6 cm³/mol. The van der Waals surface area contributed by atoms with E-state index in [4.69, 9.17) is 0 Å². The Bertz CT molecular complexity index is 468. The summed E-state index contributed by atoms with van der Waals surface area (Å²) in [5, 5.41) is 3.07. The van der Waals surface area contributed by atoms with Crippen LogP contribution in [0, 0.1) is 6.92 Å². The van der Waals surface area contributed by atoms with Gasteiger partial charge in [0.25, 0.3) is 0 Å². The summed E-state index contributed by atoms with van der Waals surface area (Å²) in [7, 11) is 0. The number of Topliss-reactive ketones (excluding diaryl/α,β-unsaturated/α-hetero) is 1. The van der Waals surface area contributed by atoms with Gasteiger partial charge in [-0.15, -0.1) is 11.3 Å². The fraction of sp³-hybridized carbons (Fsp3) is 0.182. The molecule has 66 valence electrons. The Morgan fingerprint density at radius 1 is 1.38 bits per heavy atom. The maximum atomic E-state index is 11.3. The monoisotopic (exact) mass is 190 g/mol. The van der Waals surface area contributed by atoms with Crippen LogP contribution in [0.4, 0.5) is 0 Å². The summed E-state index contributed by atoms with van der Waals surface area (Å²) < 4.78 is 1.20. The van der Waals surface area contributed by atoms with Crippen LogP contribution in [-0.2, 0) is 0 Å². The molecule has 2 aromatic rings. The topological polar surface area (TPSA) is 17.1 Å². The highest BCUT2D eigenvalue weighted by atomic mass is 32.1. The molecule has 1 nitrogen and oxygen atoms in total. The van der Waals surface area contributed by atoms with Gasteiger partial charge in [0.1, 0.15) is 0 Å². The number of aryl methyl sites for hydroxylation is 1. The number of benzene rings is 1. The summed E-state index contributed by atoms with van der Waals surface area (Å²) in [6.45, 7) is 3.66. The SMILES string of the molecule is CC(=O)c1csc2cccc(C)c12. The van der Waals surface area contributed by atoms with Crippen molar-refractivity contribution < 1.29 is 4.79 Å². The van der Waals surface area contributed by atoms with Gasteiger partial charge in [-0.1, -0.05) is 12.1 Å². The third-order valence-corrected chi connectivity index (χ3v) is 3.13. The molecule has 0 aliphatic carbocycles. The molecule has 0 aliphatic heterocycles. The van der Waals surface area contributed by atoms with Gasteiger partial charge in [0, 0.05) is 21.0 Å². The lowest BCUT2D eigenvalue weighted by molar-refractivity contribution is 0.101. The van der Waals surface area contributed by atoms with Gasteiger partial charge in [0.2, 0.25) is 0 Å². The molecule has 0 saturated carbocycles. The Morgan fingerprint density at radius 2 is 2.15 bits per heavy atom. The first-order chi connectivity index (χ1) is 6.20. The van der Waals surface area contributed by atoms with Crippen molar-refractivity contribution in [2.45, 2.75) is 13.8 Å². The maximum absolute atomic E-state index is 11.3. The quantitative estimate of drug-likeness (QED) is 0.630. The van der Waals surface area contributed by atoms with Crippen LogP contribution >= 0.6 is 11.3 Å². The lowest BCUT2D eigenvalue weighted by atomic mass is 10.1. The molecular formula is C11H10OS. The summed E-state index contributed by atoms with van der Waals surface area (Å²) in [5.41, 5.74) is 2.04. The van der Waals surface area contributed by atoms with Crippen LogP contribution in [0.2, 0.25) is 0 Å². The first-order valence-corrected chi connectivity index (χ1v) is 5.06. The molecular weight excluding hydrogens is 180 g/mol. The van der Waals surface area contributed by atoms with Crippen LogP contribution in [0.25, 0.3) is 10.1 Å². The van der Waals surface area contributed by atoms with E-state index in [1.807, 2.05) is 24.4 Å². The lowest BCUT2D eigenvalue weighted by Crippen LogP contribution is -1.89. The molecule has 1 aromatic carbocycles. The van der Waals surface area contributed by atoms with Crippen molar-refractivity contribution in [3.05, 3.63) is 34.7 Å². The van der Waals surface area contributed by atoms with E-state index in [0.29, 0.717) is 0 Å². The molecule has 0 fully saturated rings. The van der Waals surface area contributed by atoms with Crippen molar-refractivity contribution >= 4 is 27.2 Å². The van der Waals surface area contributed by atoms with Crippen LogP contribution in [0.1, 0.15) is 22.8 Å². The number of ketones is 1. The smallest absolute Gasteiger partial charge is 0.161 e. The summed E-state index contributed by atoms with van der Waals surface area (Å²) >= 11 is 1.64. The van der Waals surface area contributed by atoms with Crippen LogP contribution in [0.3, 0.4) is 0 Å². The van der Waals surface area contributed by atoms with E-state index in [2.05, 4.69) is 6.07 Å². The van der Waals surface area contributed by atoms with Crippen LogP contribution in [-0.4, -0.2) is 5.78 Å². The second-order valence-corrected chi connectivity index (χ2v) is 4.06. The Kier molecular flexibility index (Phi) is 1.93. The van der Waals surface area contributed by atoms with Gasteiger partial charge in [-0.3, -0.25) is 4.79 Å². The minimum atomic E-state index is 0.153. The molecule has 1 heterocycles. The number of fused-ring (bicyclic) bond motifs is 1. The molecule has 13 heavy (non-hydrogen) atoms. The number of rotatable bonds is 1. The second kappa shape index (κ2) is 2.96. The van der Waals surface area contributed by atoms with E-state index < -0.39 is 0 Å². The number of carbonyl (C=O) groups excluding carboxylic acids is 1. The van der Waals surface area contributed by atoms with E-state index in [1.165, 1.54) is 10.3 Å². The molecule has 0 bridgehead atoms. The molecule has 0 saturated heterocycles. The molecule has 0 unspecified atom stereocenters. The fourth-order valence-corrected chi connectivity index (χ4v) is 2.60. The van der Waals surface area contributed by atoms with Gasteiger partial charge in [-0.05, 0) is 25.5 Å². The average Bonchev–Trinajstić information content (AvgIpc) is 2.49. The van der Waals surface area contributed by atoms with Gasteiger partial charge in [0.15, 0.2) is 5.78 Å². The van der Waals surface area contributed by atoms with Gasteiger partial charge in [0.05, 0.1) is 0 Å². The largest absolute Gasteiger partial charge is 0.294 e. The van der Waals surface area contributed by atoms with E-state index in [-0.39, 0.29) is 5.78 Å². The van der Waals surface area contributed by atoms with Crippen molar-refractivity contribution in [2.24, 2.45) is 0 Å².